The van der Waals surface area contributed by atoms with Crippen LogP contribution in [-0.2, 0) is 12.8 Å². The number of halogens is 2. The van der Waals surface area contributed by atoms with Crippen molar-refractivity contribution in [2.24, 2.45) is 0 Å². The molecule has 0 aliphatic carbocycles. The van der Waals surface area contributed by atoms with E-state index in [1.54, 1.807) is 0 Å². The van der Waals surface area contributed by atoms with E-state index in [1.807, 2.05) is 0 Å². The Hall–Kier alpha value is -5.68. The van der Waals surface area contributed by atoms with Crippen molar-refractivity contribution in [1.29, 1.82) is 0 Å². The highest BCUT2D eigenvalue weighted by molar-refractivity contribution is 9.10. The Bertz CT molecular complexity index is 2380. The molecule has 8 aromatic carbocycles. The molecule has 0 aliphatic rings. The Balaban J connectivity index is 1.04. The molecule has 0 saturated carbocycles. The number of unbranched alkanes of at least 4 members (excludes halogenated alkanes) is 2. The summed E-state index contributed by atoms with van der Waals surface area (Å²) in [6.45, 7) is 4.49. The van der Waals surface area contributed by atoms with Gasteiger partial charge in [0, 0.05) is 43.1 Å². The SMILES string of the molecule is CCCCc1ccc(-c2ccc(N(c3ccc(Br)cc3)c3ccc(-c4ccc(N(c5ccc(Br)cc5)c5ccc(-c6ccc(CCCC)cc6)cc5)cc4)cc3)cc2)cc1. The molecule has 0 aliphatic heterocycles. The predicted octanol–water partition coefficient (Wildman–Crippen LogP) is 17.8. The molecule has 0 bridgehead atoms. The third-order valence-electron chi connectivity index (χ3n) is 11.2. The fraction of sp³-hybridized carbons (Fsp3) is 0.143. The van der Waals surface area contributed by atoms with Crippen molar-refractivity contribution >= 4 is 66.0 Å². The Labute approximate surface area is 373 Å². The van der Waals surface area contributed by atoms with Gasteiger partial charge in [-0.3, -0.25) is 0 Å². The van der Waals surface area contributed by atoms with E-state index in [2.05, 4.69) is 250 Å². The highest BCUT2D eigenvalue weighted by atomic mass is 79.9. The molecule has 298 valence electrons. The zero-order chi connectivity index (χ0) is 41.3. The van der Waals surface area contributed by atoms with E-state index >= 15 is 0 Å². The molecule has 60 heavy (non-hydrogen) atoms. The first-order chi connectivity index (χ1) is 29.4. The zero-order valence-corrected chi connectivity index (χ0v) is 37.5. The van der Waals surface area contributed by atoms with Crippen LogP contribution in [-0.4, -0.2) is 0 Å². The third-order valence-corrected chi connectivity index (χ3v) is 12.3. The van der Waals surface area contributed by atoms with Crippen molar-refractivity contribution in [3.05, 3.63) is 214 Å². The van der Waals surface area contributed by atoms with Crippen LogP contribution in [0.1, 0.15) is 50.7 Å². The molecule has 2 nitrogen and oxygen atoms in total. The molecule has 0 unspecified atom stereocenters. The van der Waals surface area contributed by atoms with E-state index < -0.39 is 0 Å². The summed E-state index contributed by atoms with van der Waals surface area (Å²) in [6, 6.07) is 70.8. The summed E-state index contributed by atoms with van der Waals surface area (Å²) in [5, 5.41) is 0. The van der Waals surface area contributed by atoms with E-state index in [4.69, 9.17) is 0 Å². The van der Waals surface area contributed by atoms with Crippen LogP contribution < -0.4 is 9.80 Å². The molecule has 0 amide bonds. The molecule has 4 heteroatoms. The highest BCUT2D eigenvalue weighted by Crippen LogP contribution is 2.40. The lowest BCUT2D eigenvalue weighted by Crippen LogP contribution is -2.10. The monoisotopic (exact) mass is 908 g/mol. The molecule has 0 fully saturated rings. The number of rotatable bonds is 15. The van der Waals surface area contributed by atoms with Gasteiger partial charge >= 0.3 is 0 Å². The van der Waals surface area contributed by atoms with Crippen molar-refractivity contribution in [1.82, 2.24) is 0 Å². The second kappa shape index (κ2) is 19.6. The molecule has 8 rings (SSSR count). The molecule has 0 aromatic heterocycles. The number of anilines is 6. The van der Waals surface area contributed by atoms with Gasteiger partial charge in [0.2, 0.25) is 0 Å². The number of hydrogen-bond acceptors (Lipinski definition) is 2. The summed E-state index contributed by atoms with van der Waals surface area (Å²) in [7, 11) is 0. The van der Waals surface area contributed by atoms with Crippen molar-refractivity contribution in [2.45, 2.75) is 52.4 Å². The van der Waals surface area contributed by atoms with Crippen LogP contribution in [0.5, 0.6) is 0 Å². The van der Waals surface area contributed by atoms with Gasteiger partial charge in [-0.2, -0.15) is 0 Å². The fourth-order valence-electron chi connectivity index (χ4n) is 7.78. The minimum absolute atomic E-state index is 1.06. The summed E-state index contributed by atoms with van der Waals surface area (Å²) in [4.78, 5) is 4.64. The molecule has 0 atom stereocenters. The Morgan fingerprint density at radius 2 is 0.483 bits per heavy atom. The Kier molecular flexibility index (Phi) is 13.4. The lowest BCUT2D eigenvalue weighted by Gasteiger charge is -2.26. The minimum Gasteiger partial charge on any atom is -0.311 e. The second-order valence-electron chi connectivity index (χ2n) is 15.4. The van der Waals surface area contributed by atoms with Crippen molar-refractivity contribution < 1.29 is 0 Å². The zero-order valence-electron chi connectivity index (χ0n) is 34.4. The summed E-state index contributed by atoms with van der Waals surface area (Å²) < 4.78 is 2.11. The topological polar surface area (TPSA) is 6.48 Å². The van der Waals surface area contributed by atoms with Gasteiger partial charge in [-0.1, -0.05) is 156 Å². The average molecular weight is 911 g/mol. The van der Waals surface area contributed by atoms with E-state index in [9.17, 15) is 0 Å². The molecule has 0 spiro atoms. The van der Waals surface area contributed by atoms with E-state index in [-0.39, 0.29) is 0 Å². The summed E-state index contributed by atoms with van der Waals surface area (Å²) in [5.74, 6) is 0. The second-order valence-corrected chi connectivity index (χ2v) is 17.2. The Morgan fingerprint density at radius 3 is 0.700 bits per heavy atom. The van der Waals surface area contributed by atoms with Crippen LogP contribution in [0, 0.1) is 0 Å². The van der Waals surface area contributed by atoms with E-state index in [1.165, 1.54) is 70.2 Å². The van der Waals surface area contributed by atoms with Crippen LogP contribution in [0.3, 0.4) is 0 Å². The maximum absolute atomic E-state index is 3.64. The standard InChI is InChI=1S/C56H50Br2N2/c1-3-5-7-41-9-13-43(14-10-41)45-17-29-51(30-18-45)59(55-37-25-49(57)26-38-55)53-33-21-47(22-34-53)48-23-35-54(36-24-48)60(56-39-27-50(58)28-40-56)52-31-19-46(20-32-52)44-15-11-42(12-16-44)8-6-4-2/h9-40H,3-8H2,1-2H3. The first kappa shape index (κ1) is 41.1. The maximum Gasteiger partial charge on any atom is 0.0462 e. The van der Waals surface area contributed by atoms with Crippen LogP contribution >= 0.6 is 31.9 Å². The first-order valence-corrected chi connectivity index (χ1v) is 22.7. The number of hydrogen-bond donors (Lipinski definition) is 0. The van der Waals surface area contributed by atoms with Crippen LogP contribution in [0.25, 0.3) is 33.4 Å². The molecule has 0 N–H and O–H groups in total. The predicted molar refractivity (Wildman–Crippen MR) is 265 cm³/mol. The number of benzene rings is 8. The molecular formula is C56H50Br2N2. The minimum atomic E-state index is 1.06. The lowest BCUT2D eigenvalue weighted by atomic mass is 10.0. The number of aryl methyl sites for hydroxylation is 2. The van der Waals surface area contributed by atoms with E-state index in [0.29, 0.717) is 0 Å². The van der Waals surface area contributed by atoms with Gasteiger partial charge in [0.25, 0.3) is 0 Å². The van der Waals surface area contributed by atoms with Gasteiger partial charge in [0.05, 0.1) is 0 Å². The van der Waals surface area contributed by atoms with Crippen LogP contribution in [0.15, 0.2) is 203 Å². The van der Waals surface area contributed by atoms with Gasteiger partial charge in [-0.05, 0) is 167 Å². The summed E-state index contributed by atoms with van der Waals surface area (Å²) in [5.41, 5.74) is 16.7. The molecule has 0 saturated heterocycles. The smallest absolute Gasteiger partial charge is 0.0462 e. The molecule has 8 aromatic rings. The normalized spacial score (nSPS) is 11.1. The molecule has 0 heterocycles. The Morgan fingerprint density at radius 1 is 0.283 bits per heavy atom. The van der Waals surface area contributed by atoms with Gasteiger partial charge < -0.3 is 9.80 Å². The summed E-state index contributed by atoms with van der Waals surface area (Å²) in [6.07, 6.45) is 7.16. The van der Waals surface area contributed by atoms with Crippen molar-refractivity contribution in [2.75, 3.05) is 9.80 Å². The van der Waals surface area contributed by atoms with Crippen molar-refractivity contribution in [3.63, 3.8) is 0 Å². The van der Waals surface area contributed by atoms with Crippen LogP contribution in [0.2, 0.25) is 0 Å². The van der Waals surface area contributed by atoms with Crippen LogP contribution in [0.4, 0.5) is 34.1 Å². The van der Waals surface area contributed by atoms with Gasteiger partial charge in [0.15, 0.2) is 0 Å². The fourth-order valence-corrected chi connectivity index (χ4v) is 8.30. The summed E-state index contributed by atoms with van der Waals surface area (Å²) >= 11 is 7.27. The van der Waals surface area contributed by atoms with Gasteiger partial charge in [-0.25, -0.2) is 0 Å². The van der Waals surface area contributed by atoms with E-state index in [0.717, 1.165) is 55.9 Å². The molecular weight excluding hydrogens is 860 g/mol. The maximum atomic E-state index is 3.64. The average Bonchev–Trinajstić information content (AvgIpc) is 3.30. The largest absolute Gasteiger partial charge is 0.311 e. The quantitative estimate of drug-likeness (QED) is 0.101. The van der Waals surface area contributed by atoms with Gasteiger partial charge in [-0.15, -0.1) is 0 Å². The number of nitrogens with zero attached hydrogens (tertiary/aromatic N) is 2. The van der Waals surface area contributed by atoms with Gasteiger partial charge in [0.1, 0.15) is 0 Å². The first-order valence-electron chi connectivity index (χ1n) is 21.2. The lowest BCUT2D eigenvalue weighted by molar-refractivity contribution is 0.795. The third kappa shape index (κ3) is 9.84. The van der Waals surface area contributed by atoms with Crippen molar-refractivity contribution in [3.8, 4) is 33.4 Å². The highest BCUT2D eigenvalue weighted by Gasteiger charge is 2.16. The molecule has 0 radical (unpaired) electrons.